The van der Waals surface area contributed by atoms with Crippen LogP contribution >= 0.6 is 0 Å². The smallest absolute Gasteiger partial charge is 0.167 e. The molecule has 166 valence electrons. The maximum atomic E-state index is 10.2. The summed E-state index contributed by atoms with van der Waals surface area (Å²) in [4.78, 5) is 6.88. The van der Waals surface area contributed by atoms with Crippen molar-refractivity contribution in [3.63, 3.8) is 0 Å². The highest BCUT2D eigenvalue weighted by molar-refractivity contribution is 5.52. The Kier molecular flexibility index (Phi) is 11.6. The zero-order valence-electron chi connectivity index (χ0n) is 17.9. The average Bonchev–Trinajstić information content (AvgIpc) is 2.74. The third-order valence-corrected chi connectivity index (χ3v) is 5.31. The van der Waals surface area contributed by atoms with Crippen LogP contribution < -0.4 is 32.5 Å². The summed E-state index contributed by atoms with van der Waals surface area (Å²) < 4.78 is 0.989. The van der Waals surface area contributed by atoms with Gasteiger partial charge < -0.3 is 32.2 Å². The standard InChI is InChI=1S/C21H41N7O/c22-9-7-12-24-10-3-1-4-11-25-13-8-14-26-21-18-19(17-20(23)28(21)29)27-15-5-2-6-16-27/h17-18,24-25,29H,1-16,22-23H2. The van der Waals surface area contributed by atoms with E-state index < -0.39 is 0 Å². The van der Waals surface area contributed by atoms with Crippen LogP contribution in [0.5, 0.6) is 0 Å². The molecular weight excluding hydrogens is 366 g/mol. The number of pyridine rings is 1. The van der Waals surface area contributed by atoms with Crippen LogP contribution in [0.2, 0.25) is 0 Å². The number of unbranched alkanes of at least 4 members (excludes halogenated alkanes) is 2. The van der Waals surface area contributed by atoms with Crippen LogP contribution in [0, 0.1) is 0 Å². The van der Waals surface area contributed by atoms with Gasteiger partial charge in [-0.25, -0.2) is 0 Å². The maximum Gasteiger partial charge on any atom is 0.167 e. The van der Waals surface area contributed by atoms with E-state index in [1.165, 1.54) is 38.5 Å². The molecule has 1 aliphatic heterocycles. The SMILES string of the molecule is NCCCNCCCCCNCCCN=c1cc(N2CCCCC2)cc(N)n1O. The van der Waals surface area contributed by atoms with Gasteiger partial charge in [0.25, 0.3) is 0 Å². The van der Waals surface area contributed by atoms with Gasteiger partial charge in [-0.05, 0) is 77.7 Å². The Balaban J connectivity index is 1.63. The van der Waals surface area contributed by atoms with E-state index in [2.05, 4.69) is 20.5 Å². The zero-order chi connectivity index (χ0) is 20.7. The Morgan fingerprint density at radius 3 is 2.24 bits per heavy atom. The van der Waals surface area contributed by atoms with Gasteiger partial charge in [-0.15, -0.1) is 0 Å². The predicted molar refractivity (Wildman–Crippen MR) is 120 cm³/mol. The predicted octanol–water partition coefficient (Wildman–Crippen LogP) is 1.29. The Bertz CT molecular complexity index is 626. The van der Waals surface area contributed by atoms with Crippen molar-refractivity contribution in [3.05, 3.63) is 17.6 Å². The first-order valence-corrected chi connectivity index (χ1v) is 11.3. The number of hydrogen-bond donors (Lipinski definition) is 5. The zero-order valence-corrected chi connectivity index (χ0v) is 17.9. The molecule has 8 heteroatoms. The van der Waals surface area contributed by atoms with Crippen molar-refractivity contribution in [1.82, 2.24) is 15.4 Å². The highest BCUT2D eigenvalue weighted by atomic mass is 16.5. The third kappa shape index (κ3) is 9.06. The molecule has 0 radical (unpaired) electrons. The lowest BCUT2D eigenvalue weighted by Gasteiger charge is -2.29. The second kappa shape index (κ2) is 14.3. The average molecular weight is 408 g/mol. The second-order valence-corrected chi connectivity index (χ2v) is 7.79. The van der Waals surface area contributed by atoms with Gasteiger partial charge in [-0.3, -0.25) is 4.99 Å². The normalized spacial score (nSPS) is 15.2. The Hall–Kier alpha value is -1.77. The van der Waals surface area contributed by atoms with Crippen LogP contribution in [0.3, 0.4) is 0 Å². The van der Waals surface area contributed by atoms with E-state index in [4.69, 9.17) is 11.5 Å². The van der Waals surface area contributed by atoms with Crippen LogP contribution in [-0.4, -0.2) is 62.3 Å². The molecule has 29 heavy (non-hydrogen) atoms. The largest absolute Gasteiger partial charge is 0.425 e. The molecule has 1 fully saturated rings. The molecule has 0 atom stereocenters. The van der Waals surface area contributed by atoms with Crippen molar-refractivity contribution in [3.8, 4) is 0 Å². The minimum absolute atomic E-state index is 0.336. The lowest BCUT2D eigenvalue weighted by Crippen LogP contribution is -2.32. The summed E-state index contributed by atoms with van der Waals surface area (Å²) in [5.74, 6) is 0.336. The first-order chi connectivity index (χ1) is 14.2. The number of nitrogens with zero attached hydrogens (tertiary/aromatic N) is 3. The molecule has 0 amide bonds. The number of hydrogen-bond acceptors (Lipinski definition) is 7. The molecule has 0 unspecified atom stereocenters. The molecule has 0 saturated carbocycles. The summed E-state index contributed by atoms with van der Waals surface area (Å²) in [5, 5.41) is 17.0. The van der Waals surface area contributed by atoms with Gasteiger partial charge in [0.15, 0.2) is 5.49 Å². The number of nitrogens with one attached hydrogen (secondary N) is 2. The topological polar surface area (TPSA) is 117 Å². The van der Waals surface area contributed by atoms with Crippen LogP contribution in [0.15, 0.2) is 17.1 Å². The van der Waals surface area contributed by atoms with E-state index in [1.54, 1.807) is 0 Å². The quantitative estimate of drug-likeness (QED) is 0.234. The Morgan fingerprint density at radius 2 is 1.55 bits per heavy atom. The van der Waals surface area contributed by atoms with Gasteiger partial charge in [-0.1, -0.05) is 6.42 Å². The molecule has 1 aliphatic rings. The monoisotopic (exact) mass is 407 g/mol. The van der Waals surface area contributed by atoms with Crippen LogP contribution in [-0.2, 0) is 0 Å². The van der Waals surface area contributed by atoms with Gasteiger partial charge in [0.2, 0.25) is 0 Å². The minimum Gasteiger partial charge on any atom is -0.425 e. The van der Waals surface area contributed by atoms with Crippen LogP contribution in [0.25, 0.3) is 0 Å². The summed E-state index contributed by atoms with van der Waals surface area (Å²) in [5.41, 5.74) is 13.0. The molecule has 1 saturated heterocycles. The number of aromatic nitrogens is 1. The molecule has 1 aromatic rings. The summed E-state index contributed by atoms with van der Waals surface area (Å²) in [6.07, 6.45) is 9.34. The fourth-order valence-corrected chi connectivity index (χ4v) is 3.58. The first-order valence-electron chi connectivity index (χ1n) is 11.3. The van der Waals surface area contributed by atoms with Crippen molar-refractivity contribution in [2.45, 2.75) is 51.4 Å². The Morgan fingerprint density at radius 1 is 0.897 bits per heavy atom. The van der Waals surface area contributed by atoms with Crippen LogP contribution in [0.4, 0.5) is 11.5 Å². The first kappa shape index (κ1) is 23.5. The fraction of sp³-hybridized carbons (Fsp3) is 0.762. The molecule has 0 aliphatic carbocycles. The summed E-state index contributed by atoms with van der Waals surface area (Å²) in [6, 6.07) is 3.77. The van der Waals surface area contributed by atoms with Crippen molar-refractivity contribution >= 4 is 11.5 Å². The number of anilines is 2. The summed E-state index contributed by atoms with van der Waals surface area (Å²) in [7, 11) is 0. The van der Waals surface area contributed by atoms with Crippen molar-refractivity contribution in [2.75, 3.05) is 63.0 Å². The molecule has 0 aromatic carbocycles. The number of rotatable bonds is 14. The van der Waals surface area contributed by atoms with Crippen molar-refractivity contribution < 1.29 is 5.21 Å². The fourth-order valence-electron chi connectivity index (χ4n) is 3.58. The molecule has 2 heterocycles. The molecule has 0 spiro atoms. The summed E-state index contributed by atoms with van der Waals surface area (Å²) >= 11 is 0. The molecule has 1 aromatic heterocycles. The number of nitrogens with two attached hydrogens (primary N) is 2. The van der Waals surface area contributed by atoms with Gasteiger partial charge in [0.05, 0.1) is 0 Å². The minimum atomic E-state index is 0.336. The molecule has 0 bridgehead atoms. The summed E-state index contributed by atoms with van der Waals surface area (Å²) in [6.45, 7) is 7.60. The third-order valence-electron chi connectivity index (χ3n) is 5.31. The number of nitrogen functional groups attached to an aromatic ring is 1. The van der Waals surface area contributed by atoms with Crippen LogP contribution in [0.1, 0.15) is 51.4 Å². The van der Waals surface area contributed by atoms with Gasteiger partial charge >= 0.3 is 0 Å². The Labute approximate surface area is 175 Å². The second-order valence-electron chi connectivity index (χ2n) is 7.79. The lowest BCUT2D eigenvalue weighted by molar-refractivity contribution is 0.178. The molecule has 7 N–H and O–H groups in total. The highest BCUT2D eigenvalue weighted by Gasteiger charge is 2.12. The number of piperidine rings is 1. The molecular formula is C21H41N7O. The van der Waals surface area contributed by atoms with Crippen molar-refractivity contribution in [2.24, 2.45) is 10.7 Å². The lowest BCUT2D eigenvalue weighted by atomic mass is 10.1. The van der Waals surface area contributed by atoms with Gasteiger partial charge in [0, 0.05) is 37.5 Å². The highest BCUT2D eigenvalue weighted by Crippen LogP contribution is 2.19. The van der Waals surface area contributed by atoms with E-state index in [9.17, 15) is 5.21 Å². The van der Waals surface area contributed by atoms with E-state index in [0.717, 1.165) is 69.1 Å². The van der Waals surface area contributed by atoms with Gasteiger partial charge in [-0.2, -0.15) is 4.73 Å². The van der Waals surface area contributed by atoms with Gasteiger partial charge in [0.1, 0.15) is 5.82 Å². The van der Waals surface area contributed by atoms with Crippen molar-refractivity contribution in [1.29, 1.82) is 0 Å². The van der Waals surface area contributed by atoms with E-state index in [-0.39, 0.29) is 0 Å². The van der Waals surface area contributed by atoms with E-state index in [1.807, 2.05) is 12.1 Å². The molecule has 2 rings (SSSR count). The van der Waals surface area contributed by atoms with E-state index in [0.29, 0.717) is 17.9 Å². The van der Waals surface area contributed by atoms with E-state index >= 15 is 0 Å². The molecule has 8 nitrogen and oxygen atoms in total. The maximum absolute atomic E-state index is 10.2.